The van der Waals surface area contributed by atoms with E-state index in [2.05, 4.69) is 0 Å². The highest BCUT2D eigenvalue weighted by molar-refractivity contribution is 6.06. The Morgan fingerprint density at radius 3 is 2.26 bits per heavy atom. The second-order valence-electron chi connectivity index (χ2n) is 6.68. The van der Waals surface area contributed by atoms with Crippen LogP contribution < -0.4 is 0 Å². The fraction of sp³-hybridized carbons (Fsp3) is 0.300. The molecule has 1 atom stereocenters. The van der Waals surface area contributed by atoms with Gasteiger partial charge in [0.2, 0.25) is 11.8 Å². The molecule has 0 N–H and O–H groups in total. The van der Waals surface area contributed by atoms with Gasteiger partial charge in [0.05, 0.1) is 18.2 Å². The molecule has 3 rings (SSSR count). The molecule has 1 saturated heterocycles. The molecule has 4 nitrogen and oxygen atoms in total. The third-order valence-corrected chi connectivity index (χ3v) is 4.56. The highest BCUT2D eigenvalue weighted by Crippen LogP contribution is 2.30. The number of nitrogens with zero attached hydrogens (tertiary/aromatic N) is 2. The van der Waals surface area contributed by atoms with E-state index in [0.717, 1.165) is 17.7 Å². The molecule has 0 aliphatic carbocycles. The minimum absolute atomic E-state index is 0.0992. The average molecular weight is 376 g/mol. The normalized spacial score (nSPS) is 17.8. The maximum absolute atomic E-state index is 12.6. The molecule has 0 saturated carbocycles. The number of carbonyl (C=O) groups excluding carboxylic acids is 2. The summed E-state index contributed by atoms with van der Waals surface area (Å²) in [5.41, 5.74) is 0.775. The van der Waals surface area contributed by atoms with Gasteiger partial charge in [-0.2, -0.15) is 13.2 Å². The van der Waals surface area contributed by atoms with Crippen molar-refractivity contribution in [2.75, 3.05) is 13.7 Å². The Bertz CT molecular complexity index is 819. The lowest BCUT2D eigenvalue weighted by atomic mass is 9.98. The van der Waals surface area contributed by atoms with Crippen molar-refractivity contribution in [3.05, 3.63) is 71.3 Å². The molecular weight excluding hydrogens is 357 g/mol. The molecule has 0 spiro atoms. The van der Waals surface area contributed by atoms with Crippen LogP contribution in [-0.2, 0) is 22.3 Å². The van der Waals surface area contributed by atoms with Crippen LogP contribution in [-0.4, -0.2) is 35.3 Å². The molecule has 2 aromatic rings. The summed E-state index contributed by atoms with van der Waals surface area (Å²) in [5.74, 6) is -0.961. The zero-order valence-corrected chi connectivity index (χ0v) is 14.7. The van der Waals surface area contributed by atoms with Crippen molar-refractivity contribution < 1.29 is 22.8 Å². The number of halogens is 3. The summed E-state index contributed by atoms with van der Waals surface area (Å²) in [4.78, 5) is 27.8. The molecule has 7 heteroatoms. The Morgan fingerprint density at radius 2 is 1.67 bits per heavy atom. The molecule has 0 radical (unpaired) electrons. The first-order valence-corrected chi connectivity index (χ1v) is 8.49. The molecule has 2 aromatic carbocycles. The number of alkyl halides is 3. The van der Waals surface area contributed by atoms with Crippen molar-refractivity contribution in [3.63, 3.8) is 0 Å². The van der Waals surface area contributed by atoms with Gasteiger partial charge in [0.25, 0.3) is 0 Å². The SMILES string of the molecule is CN(Cc1ccc(C(F)(F)F)cc1)CN1C(=O)C[C@@H](c2ccccc2)C1=O. The molecule has 0 unspecified atom stereocenters. The highest BCUT2D eigenvalue weighted by Gasteiger charge is 2.39. The maximum Gasteiger partial charge on any atom is 0.416 e. The van der Waals surface area contributed by atoms with E-state index < -0.39 is 17.7 Å². The molecule has 2 amide bonds. The molecule has 1 fully saturated rings. The summed E-state index contributed by atoms with van der Waals surface area (Å²) >= 11 is 0. The number of carbonyl (C=O) groups is 2. The monoisotopic (exact) mass is 376 g/mol. The molecule has 0 bridgehead atoms. The van der Waals surface area contributed by atoms with Crippen LogP contribution in [0.1, 0.15) is 29.0 Å². The Labute approximate surface area is 155 Å². The van der Waals surface area contributed by atoms with E-state index in [1.54, 1.807) is 11.9 Å². The fourth-order valence-corrected chi connectivity index (χ4v) is 3.18. The van der Waals surface area contributed by atoms with Gasteiger partial charge in [0.1, 0.15) is 0 Å². The number of likely N-dealkylation sites (tertiary alicyclic amines) is 1. The van der Waals surface area contributed by atoms with Crippen molar-refractivity contribution in [2.24, 2.45) is 0 Å². The van der Waals surface area contributed by atoms with E-state index in [9.17, 15) is 22.8 Å². The van der Waals surface area contributed by atoms with Crippen LogP contribution in [0.4, 0.5) is 13.2 Å². The van der Waals surface area contributed by atoms with E-state index >= 15 is 0 Å². The summed E-state index contributed by atoms with van der Waals surface area (Å²) < 4.78 is 37.9. The molecule has 1 aliphatic rings. The van der Waals surface area contributed by atoms with Crippen molar-refractivity contribution in [1.82, 2.24) is 9.80 Å². The topological polar surface area (TPSA) is 40.6 Å². The first-order chi connectivity index (χ1) is 12.8. The Balaban J connectivity index is 1.63. The second kappa shape index (κ2) is 7.52. The number of imide groups is 1. The van der Waals surface area contributed by atoms with Crippen molar-refractivity contribution in [3.8, 4) is 0 Å². The molecule has 1 heterocycles. The predicted octanol–water partition coefficient (Wildman–Crippen LogP) is 3.64. The maximum atomic E-state index is 12.6. The third-order valence-electron chi connectivity index (χ3n) is 4.56. The van der Waals surface area contributed by atoms with E-state index in [1.165, 1.54) is 17.0 Å². The Kier molecular flexibility index (Phi) is 5.32. The van der Waals surface area contributed by atoms with Crippen LogP contribution in [0.2, 0.25) is 0 Å². The second-order valence-corrected chi connectivity index (χ2v) is 6.68. The van der Waals surface area contributed by atoms with Gasteiger partial charge in [-0.1, -0.05) is 42.5 Å². The van der Waals surface area contributed by atoms with Crippen LogP contribution in [0.15, 0.2) is 54.6 Å². The molecule has 27 heavy (non-hydrogen) atoms. The average Bonchev–Trinajstić information content (AvgIpc) is 2.90. The van der Waals surface area contributed by atoms with Crippen LogP contribution in [0, 0.1) is 0 Å². The summed E-state index contributed by atoms with van der Waals surface area (Å²) in [6, 6.07) is 14.0. The predicted molar refractivity (Wildman–Crippen MR) is 93.4 cm³/mol. The summed E-state index contributed by atoms with van der Waals surface area (Å²) in [7, 11) is 1.72. The lowest BCUT2D eigenvalue weighted by Gasteiger charge is -2.23. The first-order valence-electron chi connectivity index (χ1n) is 8.49. The van der Waals surface area contributed by atoms with Crippen LogP contribution >= 0.6 is 0 Å². The van der Waals surface area contributed by atoms with Crippen molar-refractivity contribution in [1.29, 1.82) is 0 Å². The van der Waals surface area contributed by atoms with Crippen molar-refractivity contribution >= 4 is 11.8 Å². The van der Waals surface area contributed by atoms with E-state index in [0.29, 0.717) is 12.1 Å². The zero-order valence-electron chi connectivity index (χ0n) is 14.7. The summed E-state index contributed by atoms with van der Waals surface area (Å²) in [5, 5.41) is 0. The van der Waals surface area contributed by atoms with E-state index in [1.807, 2.05) is 30.3 Å². The minimum atomic E-state index is -4.37. The summed E-state index contributed by atoms with van der Waals surface area (Å²) in [6.45, 7) is 0.424. The van der Waals surface area contributed by atoms with Gasteiger partial charge in [0, 0.05) is 13.0 Å². The van der Waals surface area contributed by atoms with Crippen molar-refractivity contribution in [2.45, 2.75) is 25.1 Å². The van der Waals surface area contributed by atoms with Gasteiger partial charge in [-0.15, -0.1) is 0 Å². The van der Waals surface area contributed by atoms with Gasteiger partial charge in [-0.25, -0.2) is 0 Å². The van der Waals surface area contributed by atoms with Gasteiger partial charge < -0.3 is 0 Å². The number of rotatable bonds is 5. The third kappa shape index (κ3) is 4.36. The van der Waals surface area contributed by atoms with E-state index in [4.69, 9.17) is 0 Å². The quantitative estimate of drug-likeness (QED) is 0.748. The molecule has 0 aromatic heterocycles. The minimum Gasteiger partial charge on any atom is -0.284 e. The largest absolute Gasteiger partial charge is 0.416 e. The smallest absolute Gasteiger partial charge is 0.284 e. The number of hydrogen-bond donors (Lipinski definition) is 0. The zero-order chi connectivity index (χ0) is 19.6. The highest BCUT2D eigenvalue weighted by atomic mass is 19.4. The number of amides is 2. The molecular formula is C20H19F3N2O2. The Morgan fingerprint density at radius 1 is 1.04 bits per heavy atom. The van der Waals surface area contributed by atoms with E-state index in [-0.39, 0.29) is 24.9 Å². The molecule has 142 valence electrons. The van der Waals surface area contributed by atoms with Crippen LogP contribution in [0.5, 0.6) is 0 Å². The van der Waals surface area contributed by atoms with Gasteiger partial charge in [-0.3, -0.25) is 19.4 Å². The fourth-order valence-electron chi connectivity index (χ4n) is 3.18. The lowest BCUT2D eigenvalue weighted by molar-refractivity contribution is -0.141. The van der Waals surface area contributed by atoms with Gasteiger partial charge in [-0.05, 0) is 30.3 Å². The van der Waals surface area contributed by atoms with Gasteiger partial charge in [0.15, 0.2) is 0 Å². The van der Waals surface area contributed by atoms with Crippen LogP contribution in [0.3, 0.4) is 0 Å². The standard InChI is InChI=1S/C20H19F3N2O2/c1-24(12-14-7-9-16(10-8-14)20(21,22)23)13-25-18(26)11-17(19(25)27)15-5-3-2-4-6-15/h2-10,17H,11-13H2,1H3/t17-/m0/s1. The lowest BCUT2D eigenvalue weighted by Crippen LogP contribution is -2.39. The summed E-state index contributed by atoms with van der Waals surface area (Å²) in [6.07, 6.45) is -4.23. The Hall–Kier alpha value is -2.67. The number of benzene rings is 2. The van der Waals surface area contributed by atoms with Gasteiger partial charge >= 0.3 is 6.18 Å². The van der Waals surface area contributed by atoms with Crippen LogP contribution in [0.25, 0.3) is 0 Å². The molecule has 1 aliphatic heterocycles. The first kappa shape index (κ1) is 19.1. The number of hydrogen-bond acceptors (Lipinski definition) is 3.